The van der Waals surface area contributed by atoms with Crippen molar-refractivity contribution in [1.82, 2.24) is 5.32 Å². The molecule has 0 atom stereocenters. The lowest BCUT2D eigenvalue weighted by Gasteiger charge is -2.07. The van der Waals surface area contributed by atoms with Crippen molar-refractivity contribution in [2.75, 3.05) is 18.4 Å². The number of phenolic OH excluding ortho intramolecular Hbond substituents is 2. The van der Waals surface area contributed by atoms with Crippen molar-refractivity contribution >= 4 is 11.6 Å². The Kier molecular flexibility index (Phi) is 2.14. The van der Waals surface area contributed by atoms with E-state index in [-0.39, 0.29) is 11.5 Å². The van der Waals surface area contributed by atoms with Crippen LogP contribution < -0.4 is 10.6 Å². The summed E-state index contributed by atoms with van der Waals surface area (Å²) in [5.41, 5.74) is 0.688. The number of benzene rings is 1. The van der Waals surface area contributed by atoms with Crippen molar-refractivity contribution in [3.8, 4) is 11.5 Å². The number of aliphatic imine (C=N–C) groups is 1. The van der Waals surface area contributed by atoms with Crippen LogP contribution in [0.5, 0.6) is 11.5 Å². The monoisotopic (exact) mass is 193 g/mol. The van der Waals surface area contributed by atoms with Gasteiger partial charge in [-0.25, -0.2) is 0 Å². The number of guanidine groups is 1. The van der Waals surface area contributed by atoms with Gasteiger partial charge in [-0.05, 0) is 12.1 Å². The number of nitrogens with one attached hydrogen (secondary N) is 2. The molecule has 74 valence electrons. The van der Waals surface area contributed by atoms with Gasteiger partial charge in [-0.3, -0.25) is 4.99 Å². The molecular weight excluding hydrogens is 182 g/mol. The molecule has 0 amide bonds. The van der Waals surface area contributed by atoms with Crippen LogP contribution in [0.15, 0.2) is 23.2 Å². The molecule has 5 heteroatoms. The second-order valence-corrected chi connectivity index (χ2v) is 2.99. The molecule has 4 N–H and O–H groups in total. The minimum atomic E-state index is -0.145. The molecule has 0 unspecified atom stereocenters. The maximum Gasteiger partial charge on any atom is 0.195 e. The first-order chi connectivity index (χ1) is 6.75. The molecule has 0 bridgehead atoms. The third kappa shape index (κ3) is 1.71. The second-order valence-electron chi connectivity index (χ2n) is 2.99. The predicted molar refractivity (Wildman–Crippen MR) is 53.7 cm³/mol. The molecule has 1 aromatic rings. The van der Waals surface area contributed by atoms with Crippen LogP contribution in [0.4, 0.5) is 5.69 Å². The zero-order valence-corrected chi connectivity index (χ0v) is 7.49. The fraction of sp³-hybridized carbons (Fsp3) is 0.222. The van der Waals surface area contributed by atoms with Gasteiger partial charge in [-0.2, -0.15) is 0 Å². The number of nitrogens with zero attached hydrogens (tertiary/aromatic N) is 1. The second kappa shape index (κ2) is 3.45. The Morgan fingerprint density at radius 2 is 2.14 bits per heavy atom. The van der Waals surface area contributed by atoms with E-state index in [4.69, 9.17) is 5.11 Å². The van der Waals surface area contributed by atoms with Crippen molar-refractivity contribution in [2.45, 2.75) is 0 Å². The quantitative estimate of drug-likeness (QED) is 0.386. The SMILES string of the molecule is Oc1ccc(NC2=NCCN2)cc1O. The Morgan fingerprint density at radius 1 is 1.29 bits per heavy atom. The Labute approximate surface area is 81.1 Å². The van der Waals surface area contributed by atoms with E-state index in [9.17, 15) is 5.11 Å². The van der Waals surface area contributed by atoms with Gasteiger partial charge >= 0.3 is 0 Å². The van der Waals surface area contributed by atoms with Gasteiger partial charge in [0.15, 0.2) is 17.5 Å². The molecule has 1 aliphatic heterocycles. The summed E-state index contributed by atoms with van der Waals surface area (Å²) in [6.07, 6.45) is 0. The van der Waals surface area contributed by atoms with Gasteiger partial charge < -0.3 is 20.8 Å². The van der Waals surface area contributed by atoms with E-state index in [0.29, 0.717) is 11.6 Å². The molecule has 0 spiro atoms. The summed E-state index contributed by atoms with van der Waals surface area (Å²) in [4.78, 5) is 4.13. The molecule has 2 rings (SSSR count). The standard InChI is InChI=1S/C9H11N3O2/c13-7-2-1-6(5-8(7)14)12-9-10-3-4-11-9/h1-2,5,13-14H,3-4H2,(H2,10,11,12). The molecule has 0 radical (unpaired) electrons. The highest BCUT2D eigenvalue weighted by atomic mass is 16.3. The summed E-state index contributed by atoms with van der Waals surface area (Å²) >= 11 is 0. The third-order valence-electron chi connectivity index (χ3n) is 1.91. The first-order valence-electron chi connectivity index (χ1n) is 4.33. The van der Waals surface area contributed by atoms with E-state index in [1.165, 1.54) is 12.1 Å². The summed E-state index contributed by atoms with van der Waals surface area (Å²) in [5.74, 6) is 0.417. The number of aromatic hydroxyl groups is 2. The van der Waals surface area contributed by atoms with E-state index in [1.807, 2.05) is 0 Å². The van der Waals surface area contributed by atoms with Crippen LogP contribution in [-0.2, 0) is 0 Å². The lowest BCUT2D eigenvalue weighted by Crippen LogP contribution is -2.26. The van der Waals surface area contributed by atoms with Crippen LogP contribution in [0.1, 0.15) is 0 Å². The molecule has 5 nitrogen and oxygen atoms in total. The van der Waals surface area contributed by atoms with Crippen LogP contribution in [0.25, 0.3) is 0 Å². The van der Waals surface area contributed by atoms with Crippen molar-refractivity contribution in [2.24, 2.45) is 4.99 Å². The zero-order valence-electron chi connectivity index (χ0n) is 7.49. The highest BCUT2D eigenvalue weighted by Crippen LogP contribution is 2.27. The maximum atomic E-state index is 9.22. The molecule has 0 aliphatic carbocycles. The van der Waals surface area contributed by atoms with Gasteiger partial charge in [0.1, 0.15) is 0 Å². The molecular formula is C9H11N3O2. The maximum absolute atomic E-state index is 9.22. The Morgan fingerprint density at radius 3 is 2.79 bits per heavy atom. The van der Waals surface area contributed by atoms with Gasteiger partial charge in [0.2, 0.25) is 0 Å². The zero-order chi connectivity index (χ0) is 9.97. The van der Waals surface area contributed by atoms with Gasteiger partial charge in [-0.15, -0.1) is 0 Å². The van der Waals surface area contributed by atoms with Crippen molar-refractivity contribution < 1.29 is 10.2 Å². The molecule has 1 aliphatic rings. The fourth-order valence-corrected chi connectivity index (χ4v) is 1.22. The largest absolute Gasteiger partial charge is 0.504 e. The lowest BCUT2D eigenvalue weighted by molar-refractivity contribution is 0.404. The minimum Gasteiger partial charge on any atom is -0.504 e. The number of phenols is 2. The number of anilines is 1. The van der Waals surface area contributed by atoms with E-state index >= 15 is 0 Å². The Hall–Kier alpha value is -1.91. The number of hydrogen-bond acceptors (Lipinski definition) is 5. The van der Waals surface area contributed by atoms with Gasteiger partial charge in [-0.1, -0.05) is 0 Å². The van der Waals surface area contributed by atoms with E-state index in [2.05, 4.69) is 15.6 Å². The third-order valence-corrected chi connectivity index (χ3v) is 1.91. The minimum absolute atomic E-state index is 0.128. The molecule has 1 heterocycles. The number of rotatable bonds is 1. The molecule has 1 aromatic carbocycles. The Balaban J connectivity index is 2.13. The van der Waals surface area contributed by atoms with Gasteiger partial charge in [0, 0.05) is 18.3 Å². The average molecular weight is 193 g/mol. The summed E-state index contributed by atoms with van der Waals surface area (Å²) < 4.78 is 0. The fourth-order valence-electron chi connectivity index (χ4n) is 1.22. The molecule has 0 saturated heterocycles. The molecule has 0 saturated carbocycles. The lowest BCUT2D eigenvalue weighted by atomic mass is 10.3. The van der Waals surface area contributed by atoms with E-state index < -0.39 is 0 Å². The highest BCUT2D eigenvalue weighted by molar-refractivity contribution is 5.94. The number of hydrogen-bond donors (Lipinski definition) is 4. The van der Waals surface area contributed by atoms with E-state index in [0.717, 1.165) is 13.1 Å². The highest BCUT2D eigenvalue weighted by Gasteiger charge is 2.06. The molecule has 0 fully saturated rings. The average Bonchev–Trinajstić information content (AvgIpc) is 2.64. The molecule has 14 heavy (non-hydrogen) atoms. The van der Waals surface area contributed by atoms with Crippen LogP contribution in [0, 0.1) is 0 Å². The van der Waals surface area contributed by atoms with Crippen LogP contribution in [-0.4, -0.2) is 29.3 Å². The Bertz CT molecular complexity index is 376. The first kappa shape index (κ1) is 8.68. The van der Waals surface area contributed by atoms with E-state index in [1.54, 1.807) is 6.07 Å². The predicted octanol–water partition coefficient (Wildman–Crippen LogP) is 0.469. The molecule has 0 aromatic heterocycles. The van der Waals surface area contributed by atoms with Crippen molar-refractivity contribution in [3.63, 3.8) is 0 Å². The topological polar surface area (TPSA) is 76.9 Å². The van der Waals surface area contributed by atoms with Crippen LogP contribution in [0.3, 0.4) is 0 Å². The summed E-state index contributed by atoms with van der Waals surface area (Å²) in [5, 5.41) is 24.3. The van der Waals surface area contributed by atoms with Crippen molar-refractivity contribution in [1.29, 1.82) is 0 Å². The van der Waals surface area contributed by atoms with Gasteiger partial charge in [0.25, 0.3) is 0 Å². The van der Waals surface area contributed by atoms with Crippen LogP contribution in [0.2, 0.25) is 0 Å². The summed E-state index contributed by atoms with van der Waals surface area (Å²) in [7, 11) is 0. The van der Waals surface area contributed by atoms with Gasteiger partial charge in [0.05, 0.1) is 6.54 Å². The van der Waals surface area contributed by atoms with Crippen LogP contribution >= 0.6 is 0 Å². The summed E-state index contributed by atoms with van der Waals surface area (Å²) in [6.45, 7) is 1.58. The first-order valence-corrected chi connectivity index (χ1v) is 4.33. The van der Waals surface area contributed by atoms with Crippen molar-refractivity contribution in [3.05, 3.63) is 18.2 Å². The normalized spacial score (nSPS) is 14.7. The smallest absolute Gasteiger partial charge is 0.195 e. The summed E-state index contributed by atoms with van der Waals surface area (Å²) in [6, 6.07) is 4.53.